The van der Waals surface area contributed by atoms with Crippen LogP contribution in [0, 0.1) is 0 Å². The molecule has 1 aromatic carbocycles. The highest BCUT2D eigenvalue weighted by atomic mass is 35.5. The molecule has 0 spiro atoms. The second kappa shape index (κ2) is 7.74. The number of ether oxygens (including phenoxy) is 2. The van der Waals surface area contributed by atoms with Gasteiger partial charge in [0.2, 0.25) is 11.8 Å². The molecule has 3 rings (SSSR count). The van der Waals surface area contributed by atoms with Crippen LogP contribution in [0.1, 0.15) is 12.8 Å². The predicted molar refractivity (Wildman–Crippen MR) is 87.8 cm³/mol. The molecule has 1 aliphatic heterocycles. The molecular formula is C15H20ClN3O4. The van der Waals surface area contributed by atoms with E-state index >= 15 is 0 Å². The third-order valence-electron chi connectivity index (χ3n) is 3.57. The van der Waals surface area contributed by atoms with Crippen molar-refractivity contribution in [2.75, 3.05) is 25.6 Å². The molecule has 8 heteroatoms. The van der Waals surface area contributed by atoms with Crippen LogP contribution in [0.2, 0.25) is 0 Å². The highest BCUT2D eigenvalue weighted by molar-refractivity contribution is 5.96. The molecule has 2 aromatic rings. The zero-order chi connectivity index (χ0) is 15.5. The minimum atomic E-state index is -0.356. The van der Waals surface area contributed by atoms with Crippen LogP contribution in [0.15, 0.2) is 22.6 Å². The fraction of sp³-hybridized carbons (Fsp3) is 0.467. The SMILES string of the molecule is COCc1nc2cc(NC(=O)[C@H]3NCCO[C@@H]3C)ccc2o1.Cl. The first-order valence-corrected chi connectivity index (χ1v) is 7.21. The molecule has 1 amide bonds. The number of methoxy groups -OCH3 is 1. The molecule has 1 aliphatic rings. The Bertz CT molecular complexity index is 676. The molecular weight excluding hydrogens is 322 g/mol. The quantitative estimate of drug-likeness (QED) is 0.880. The molecule has 126 valence electrons. The van der Waals surface area contributed by atoms with E-state index in [4.69, 9.17) is 13.9 Å². The van der Waals surface area contributed by atoms with Crippen molar-refractivity contribution in [1.29, 1.82) is 0 Å². The lowest BCUT2D eigenvalue weighted by atomic mass is 10.1. The number of nitrogens with zero attached hydrogens (tertiary/aromatic N) is 1. The van der Waals surface area contributed by atoms with Crippen LogP contribution in [0.5, 0.6) is 0 Å². The molecule has 0 saturated carbocycles. The molecule has 0 radical (unpaired) electrons. The summed E-state index contributed by atoms with van der Waals surface area (Å²) >= 11 is 0. The molecule has 23 heavy (non-hydrogen) atoms. The summed E-state index contributed by atoms with van der Waals surface area (Å²) < 4.78 is 16.0. The Morgan fingerprint density at radius 2 is 2.35 bits per heavy atom. The Kier molecular flexibility index (Phi) is 5.95. The minimum absolute atomic E-state index is 0. The zero-order valence-corrected chi connectivity index (χ0v) is 13.8. The summed E-state index contributed by atoms with van der Waals surface area (Å²) in [7, 11) is 1.58. The van der Waals surface area contributed by atoms with Gasteiger partial charge in [0.05, 0.1) is 12.7 Å². The van der Waals surface area contributed by atoms with E-state index in [1.54, 1.807) is 25.3 Å². The molecule has 2 atom stereocenters. The predicted octanol–water partition coefficient (Wildman–Crippen LogP) is 1.71. The van der Waals surface area contributed by atoms with Gasteiger partial charge in [0.1, 0.15) is 18.2 Å². The highest BCUT2D eigenvalue weighted by Crippen LogP contribution is 2.21. The van der Waals surface area contributed by atoms with Gasteiger partial charge < -0.3 is 24.5 Å². The number of amides is 1. The number of fused-ring (bicyclic) bond motifs is 1. The van der Waals surface area contributed by atoms with Gasteiger partial charge in [0.15, 0.2) is 5.58 Å². The maximum absolute atomic E-state index is 12.3. The number of anilines is 1. The average molecular weight is 342 g/mol. The molecule has 7 nitrogen and oxygen atoms in total. The molecule has 1 aromatic heterocycles. The van der Waals surface area contributed by atoms with Crippen LogP contribution in [-0.2, 0) is 20.9 Å². The fourth-order valence-corrected chi connectivity index (χ4v) is 2.49. The highest BCUT2D eigenvalue weighted by Gasteiger charge is 2.28. The van der Waals surface area contributed by atoms with E-state index in [9.17, 15) is 4.79 Å². The van der Waals surface area contributed by atoms with E-state index in [1.165, 1.54) is 0 Å². The van der Waals surface area contributed by atoms with Crippen molar-refractivity contribution < 1.29 is 18.7 Å². The molecule has 2 N–H and O–H groups in total. The molecule has 0 bridgehead atoms. The molecule has 0 unspecified atom stereocenters. The van der Waals surface area contributed by atoms with Gasteiger partial charge in [-0.25, -0.2) is 4.98 Å². The lowest BCUT2D eigenvalue weighted by Gasteiger charge is -2.29. The maximum atomic E-state index is 12.3. The van der Waals surface area contributed by atoms with E-state index in [0.717, 1.165) is 0 Å². The Hall–Kier alpha value is -1.67. The number of rotatable bonds is 4. The van der Waals surface area contributed by atoms with Gasteiger partial charge in [-0.1, -0.05) is 0 Å². The van der Waals surface area contributed by atoms with Gasteiger partial charge >= 0.3 is 0 Å². The zero-order valence-electron chi connectivity index (χ0n) is 13.0. The van der Waals surface area contributed by atoms with Crippen molar-refractivity contribution in [2.24, 2.45) is 0 Å². The van der Waals surface area contributed by atoms with Crippen LogP contribution < -0.4 is 10.6 Å². The molecule has 1 fully saturated rings. The summed E-state index contributed by atoms with van der Waals surface area (Å²) in [6, 6.07) is 5.00. The first-order valence-electron chi connectivity index (χ1n) is 7.21. The summed E-state index contributed by atoms with van der Waals surface area (Å²) in [5.41, 5.74) is 2.03. The average Bonchev–Trinajstić information content (AvgIpc) is 2.89. The number of morpholine rings is 1. The van der Waals surface area contributed by atoms with Crippen molar-refractivity contribution in [2.45, 2.75) is 25.7 Å². The van der Waals surface area contributed by atoms with Gasteiger partial charge in [-0.15, -0.1) is 12.4 Å². The Labute approximate surface area is 140 Å². The number of benzene rings is 1. The second-order valence-corrected chi connectivity index (χ2v) is 5.22. The van der Waals surface area contributed by atoms with Crippen LogP contribution in [0.25, 0.3) is 11.1 Å². The summed E-state index contributed by atoms with van der Waals surface area (Å²) in [5, 5.41) is 6.04. The Balaban J connectivity index is 0.00000192. The van der Waals surface area contributed by atoms with Crippen LogP contribution in [0.4, 0.5) is 5.69 Å². The normalized spacial score (nSPS) is 21.0. The third kappa shape index (κ3) is 4.00. The summed E-state index contributed by atoms with van der Waals surface area (Å²) in [6.07, 6.45) is -0.155. The van der Waals surface area contributed by atoms with Gasteiger partial charge in [-0.2, -0.15) is 0 Å². The smallest absolute Gasteiger partial charge is 0.244 e. The van der Waals surface area contributed by atoms with Crippen molar-refractivity contribution >= 4 is 35.1 Å². The van der Waals surface area contributed by atoms with E-state index < -0.39 is 0 Å². The third-order valence-corrected chi connectivity index (χ3v) is 3.57. The number of halogens is 1. The standard InChI is InChI=1S/C15H19N3O4.ClH/c1-9-14(16-5-6-21-9)15(19)17-10-3-4-12-11(7-10)18-13(22-12)8-20-2;/h3-4,7,9,14,16H,5-6,8H2,1-2H3,(H,17,19);1H/t9-,14+;/m1./s1. The summed E-state index contributed by atoms with van der Waals surface area (Å²) in [6.45, 7) is 3.49. The van der Waals surface area contributed by atoms with Crippen LogP contribution >= 0.6 is 12.4 Å². The topological polar surface area (TPSA) is 85.6 Å². The monoisotopic (exact) mass is 341 g/mol. The van der Waals surface area contributed by atoms with E-state index in [0.29, 0.717) is 42.4 Å². The molecule has 1 saturated heterocycles. The van der Waals surface area contributed by atoms with Gasteiger partial charge in [-0.3, -0.25) is 4.79 Å². The first kappa shape index (κ1) is 17.7. The fourth-order valence-electron chi connectivity index (χ4n) is 2.49. The number of carbonyl (C=O) groups excluding carboxylic acids is 1. The summed E-state index contributed by atoms with van der Waals surface area (Å²) in [4.78, 5) is 16.6. The van der Waals surface area contributed by atoms with Crippen molar-refractivity contribution in [3.05, 3.63) is 24.1 Å². The van der Waals surface area contributed by atoms with Crippen molar-refractivity contribution in [1.82, 2.24) is 10.3 Å². The van der Waals surface area contributed by atoms with E-state index in [-0.39, 0.29) is 30.5 Å². The number of hydrogen-bond donors (Lipinski definition) is 2. The Morgan fingerprint density at radius 1 is 1.52 bits per heavy atom. The van der Waals surface area contributed by atoms with Crippen LogP contribution in [-0.4, -0.2) is 43.3 Å². The van der Waals surface area contributed by atoms with Crippen LogP contribution in [0.3, 0.4) is 0 Å². The number of oxazole rings is 1. The first-order chi connectivity index (χ1) is 10.7. The Morgan fingerprint density at radius 3 is 3.09 bits per heavy atom. The molecule has 2 heterocycles. The number of nitrogens with one attached hydrogen (secondary N) is 2. The van der Waals surface area contributed by atoms with Crippen molar-refractivity contribution in [3.8, 4) is 0 Å². The second-order valence-electron chi connectivity index (χ2n) is 5.22. The van der Waals surface area contributed by atoms with Crippen molar-refractivity contribution in [3.63, 3.8) is 0 Å². The lowest BCUT2D eigenvalue weighted by Crippen LogP contribution is -2.53. The number of aromatic nitrogens is 1. The van der Waals surface area contributed by atoms with Gasteiger partial charge in [0, 0.05) is 19.3 Å². The largest absolute Gasteiger partial charge is 0.438 e. The maximum Gasteiger partial charge on any atom is 0.244 e. The number of carbonyl (C=O) groups is 1. The molecule has 0 aliphatic carbocycles. The lowest BCUT2D eigenvalue weighted by molar-refractivity contribution is -0.123. The summed E-state index contributed by atoms with van der Waals surface area (Å²) in [5.74, 6) is 0.393. The van der Waals surface area contributed by atoms with E-state index in [2.05, 4.69) is 15.6 Å². The van der Waals surface area contributed by atoms with E-state index in [1.807, 2.05) is 6.92 Å². The van der Waals surface area contributed by atoms with Gasteiger partial charge in [0.25, 0.3) is 0 Å². The number of hydrogen-bond acceptors (Lipinski definition) is 6. The van der Waals surface area contributed by atoms with Gasteiger partial charge in [-0.05, 0) is 25.1 Å². The minimum Gasteiger partial charge on any atom is -0.438 e.